The lowest BCUT2D eigenvalue weighted by atomic mass is 10.1. The summed E-state index contributed by atoms with van der Waals surface area (Å²) >= 11 is 0. The predicted molar refractivity (Wildman–Crippen MR) is 92.7 cm³/mol. The van der Waals surface area contributed by atoms with E-state index in [4.69, 9.17) is 9.47 Å². The minimum Gasteiger partial charge on any atom is -0.490 e. The number of nitrogens with one attached hydrogen (secondary N) is 2. The number of carbonyl (C=O) groups is 1. The van der Waals surface area contributed by atoms with Gasteiger partial charge in [0.1, 0.15) is 0 Å². The molecular weight excluding hydrogens is 306 g/mol. The van der Waals surface area contributed by atoms with Crippen molar-refractivity contribution in [3.63, 3.8) is 0 Å². The van der Waals surface area contributed by atoms with Crippen molar-refractivity contribution in [2.75, 3.05) is 33.4 Å². The van der Waals surface area contributed by atoms with Crippen molar-refractivity contribution in [3.8, 4) is 11.5 Å². The average Bonchev–Trinajstić information content (AvgIpc) is 2.79. The van der Waals surface area contributed by atoms with Gasteiger partial charge < -0.3 is 25.0 Å². The molecule has 24 heavy (non-hydrogen) atoms. The molecule has 0 spiro atoms. The molecule has 6 nitrogen and oxygen atoms in total. The molecule has 1 aromatic carbocycles. The van der Waals surface area contributed by atoms with Gasteiger partial charge in [-0.1, -0.05) is 6.07 Å². The van der Waals surface area contributed by atoms with Crippen LogP contribution in [-0.4, -0.2) is 50.3 Å². The molecule has 2 atom stereocenters. The van der Waals surface area contributed by atoms with Crippen LogP contribution in [0.5, 0.6) is 11.5 Å². The summed E-state index contributed by atoms with van der Waals surface area (Å²) in [5, 5.41) is 6.09. The molecule has 0 aromatic heterocycles. The number of hydrogen-bond donors (Lipinski definition) is 2. The largest absolute Gasteiger partial charge is 0.490 e. The number of likely N-dealkylation sites (N-methyl/N-ethyl adjacent to an activating group) is 1. The Balaban J connectivity index is 1.57. The second-order valence-corrected chi connectivity index (χ2v) is 6.70. The van der Waals surface area contributed by atoms with Crippen LogP contribution in [0.4, 0.5) is 4.79 Å². The molecule has 2 N–H and O–H groups in total. The van der Waals surface area contributed by atoms with Gasteiger partial charge in [0.2, 0.25) is 0 Å². The van der Waals surface area contributed by atoms with E-state index in [2.05, 4.69) is 22.6 Å². The van der Waals surface area contributed by atoms with Gasteiger partial charge in [-0.25, -0.2) is 4.79 Å². The Morgan fingerprint density at radius 3 is 2.83 bits per heavy atom. The second-order valence-electron chi connectivity index (χ2n) is 6.70. The highest BCUT2D eigenvalue weighted by atomic mass is 16.5. The maximum atomic E-state index is 12.2. The Kier molecular flexibility index (Phi) is 5.45. The Labute approximate surface area is 143 Å². The number of benzene rings is 1. The Bertz CT molecular complexity index is 579. The summed E-state index contributed by atoms with van der Waals surface area (Å²) in [5.74, 6) is 1.53. The monoisotopic (exact) mass is 333 g/mol. The Morgan fingerprint density at radius 2 is 2.04 bits per heavy atom. The van der Waals surface area contributed by atoms with E-state index in [-0.39, 0.29) is 18.1 Å². The van der Waals surface area contributed by atoms with Crippen molar-refractivity contribution < 1.29 is 14.3 Å². The van der Waals surface area contributed by atoms with E-state index >= 15 is 0 Å². The highest BCUT2D eigenvalue weighted by molar-refractivity contribution is 5.74. The van der Waals surface area contributed by atoms with Crippen molar-refractivity contribution in [1.82, 2.24) is 15.5 Å². The smallest absolute Gasteiger partial charge is 0.315 e. The number of fused-ring (bicyclic) bond motifs is 1. The lowest BCUT2D eigenvalue weighted by Gasteiger charge is -2.30. The van der Waals surface area contributed by atoms with Gasteiger partial charge in [-0.2, -0.15) is 0 Å². The molecule has 1 aromatic rings. The third-order valence-electron chi connectivity index (χ3n) is 4.58. The topological polar surface area (TPSA) is 62.8 Å². The molecule has 0 radical (unpaired) electrons. The van der Waals surface area contributed by atoms with Gasteiger partial charge >= 0.3 is 6.03 Å². The zero-order chi connectivity index (χ0) is 16.9. The van der Waals surface area contributed by atoms with Gasteiger partial charge in [-0.3, -0.25) is 0 Å². The summed E-state index contributed by atoms with van der Waals surface area (Å²) in [7, 11) is 2.09. The van der Waals surface area contributed by atoms with Crippen LogP contribution in [0, 0.1) is 0 Å². The van der Waals surface area contributed by atoms with Crippen LogP contribution >= 0.6 is 0 Å². The zero-order valence-electron chi connectivity index (χ0n) is 14.5. The van der Waals surface area contributed by atoms with Gasteiger partial charge in [0.15, 0.2) is 11.5 Å². The molecule has 0 unspecified atom stereocenters. The summed E-state index contributed by atoms with van der Waals surface area (Å²) in [4.78, 5) is 14.5. The molecule has 1 fully saturated rings. The van der Waals surface area contributed by atoms with Gasteiger partial charge in [0.05, 0.1) is 19.3 Å². The average molecular weight is 333 g/mol. The van der Waals surface area contributed by atoms with Crippen LogP contribution < -0.4 is 20.1 Å². The maximum absolute atomic E-state index is 12.2. The fourth-order valence-corrected chi connectivity index (χ4v) is 3.24. The lowest BCUT2D eigenvalue weighted by molar-refractivity contribution is 0.207. The van der Waals surface area contributed by atoms with Crippen molar-refractivity contribution in [2.24, 2.45) is 0 Å². The minimum atomic E-state index is -0.116. The minimum absolute atomic E-state index is 0.0940. The summed E-state index contributed by atoms with van der Waals surface area (Å²) in [6, 6.07) is 5.87. The van der Waals surface area contributed by atoms with Crippen LogP contribution in [0.25, 0.3) is 0 Å². The number of amides is 2. The van der Waals surface area contributed by atoms with Gasteiger partial charge in [-0.05, 0) is 51.1 Å². The van der Waals surface area contributed by atoms with Gasteiger partial charge in [-0.15, -0.1) is 0 Å². The number of likely N-dealkylation sites (tertiary alicyclic amines) is 1. The van der Waals surface area contributed by atoms with Crippen molar-refractivity contribution in [2.45, 2.75) is 38.3 Å². The number of nitrogens with zero attached hydrogens (tertiary/aromatic N) is 1. The van der Waals surface area contributed by atoms with E-state index in [1.807, 2.05) is 25.1 Å². The number of piperidine rings is 1. The molecule has 2 amide bonds. The first-order chi connectivity index (χ1) is 11.6. The fraction of sp³-hybridized carbons (Fsp3) is 0.611. The van der Waals surface area contributed by atoms with E-state index in [1.54, 1.807) is 0 Å². The quantitative estimate of drug-likeness (QED) is 0.891. The summed E-state index contributed by atoms with van der Waals surface area (Å²) in [6.45, 7) is 5.33. The SMILES string of the molecule is C[C@@H](NC(=O)N[C@H]1CCCN(C)C1)c1ccc2c(c1)OCCCO2. The molecule has 0 saturated carbocycles. The number of ether oxygens (including phenoxy) is 2. The second kappa shape index (κ2) is 7.75. The lowest BCUT2D eigenvalue weighted by Crippen LogP contribution is -2.49. The molecule has 2 aliphatic rings. The number of hydrogen-bond acceptors (Lipinski definition) is 4. The fourth-order valence-electron chi connectivity index (χ4n) is 3.24. The predicted octanol–water partition coefficient (Wildman–Crippen LogP) is 2.30. The summed E-state index contributed by atoms with van der Waals surface area (Å²) in [6.07, 6.45) is 3.05. The van der Waals surface area contributed by atoms with Gasteiger partial charge in [0.25, 0.3) is 0 Å². The summed E-state index contributed by atoms with van der Waals surface area (Å²) in [5.41, 5.74) is 1.01. The molecule has 1 saturated heterocycles. The van der Waals surface area contributed by atoms with Gasteiger partial charge in [0, 0.05) is 19.0 Å². The molecule has 2 aliphatic heterocycles. The number of urea groups is 1. The molecular formula is C18H27N3O3. The van der Waals surface area contributed by atoms with Crippen LogP contribution in [0.2, 0.25) is 0 Å². The molecule has 0 aliphatic carbocycles. The Morgan fingerprint density at radius 1 is 1.25 bits per heavy atom. The van der Waals surface area contributed by atoms with E-state index in [9.17, 15) is 4.79 Å². The molecule has 0 bridgehead atoms. The number of carbonyl (C=O) groups excluding carboxylic acids is 1. The third kappa shape index (κ3) is 4.32. The van der Waals surface area contributed by atoms with E-state index in [0.717, 1.165) is 49.4 Å². The van der Waals surface area contributed by atoms with Crippen molar-refractivity contribution in [1.29, 1.82) is 0 Å². The Hall–Kier alpha value is -1.95. The maximum Gasteiger partial charge on any atom is 0.315 e. The first kappa shape index (κ1) is 16.9. The van der Waals surface area contributed by atoms with Crippen molar-refractivity contribution >= 4 is 6.03 Å². The highest BCUT2D eigenvalue weighted by Crippen LogP contribution is 2.32. The van der Waals surface area contributed by atoms with Crippen LogP contribution in [-0.2, 0) is 0 Å². The van der Waals surface area contributed by atoms with Crippen LogP contribution in [0.3, 0.4) is 0 Å². The molecule has 132 valence electrons. The standard InChI is InChI=1S/C18H27N3O3/c1-13(19-18(22)20-15-5-3-8-21(2)12-15)14-6-7-16-17(11-14)24-10-4-9-23-16/h6-7,11,13,15H,3-5,8-10,12H2,1-2H3,(H2,19,20,22)/t13-,15+/m1/s1. The molecule has 6 heteroatoms. The third-order valence-corrected chi connectivity index (χ3v) is 4.58. The number of rotatable bonds is 3. The normalized spacial score (nSPS) is 22.3. The molecule has 3 rings (SSSR count). The van der Waals surface area contributed by atoms with E-state index < -0.39 is 0 Å². The van der Waals surface area contributed by atoms with E-state index in [0.29, 0.717) is 13.2 Å². The zero-order valence-corrected chi connectivity index (χ0v) is 14.5. The summed E-state index contributed by atoms with van der Waals surface area (Å²) < 4.78 is 11.4. The first-order valence-electron chi connectivity index (χ1n) is 8.77. The highest BCUT2D eigenvalue weighted by Gasteiger charge is 2.20. The van der Waals surface area contributed by atoms with Crippen LogP contribution in [0.1, 0.15) is 37.8 Å². The first-order valence-corrected chi connectivity index (χ1v) is 8.77. The van der Waals surface area contributed by atoms with Crippen LogP contribution in [0.15, 0.2) is 18.2 Å². The van der Waals surface area contributed by atoms with Crippen molar-refractivity contribution in [3.05, 3.63) is 23.8 Å². The van der Waals surface area contributed by atoms with E-state index in [1.165, 1.54) is 0 Å². The molecule has 2 heterocycles.